The van der Waals surface area contributed by atoms with Gasteiger partial charge in [0.25, 0.3) is 5.91 Å². The zero-order valence-corrected chi connectivity index (χ0v) is 19.6. The SMILES string of the molecule is Cc1cc(F)ccc1Oc1ccc(C(F)(F)F)cc1C(=O)Nc1ccc(F)c(C(CC(N)=O)OC(N)=O)c1. The van der Waals surface area contributed by atoms with E-state index < -0.39 is 59.4 Å². The molecule has 0 bridgehead atoms. The highest BCUT2D eigenvalue weighted by Crippen LogP contribution is 2.36. The number of ether oxygens (including phenoxy) is 2. The zero-order valence-electron chi connectivity index (χ0n) is 19.6. The molecule has 200 valence electrons. The number of carbonyl (C=O) groups excluding carboxylic acids is 3. The molecule has 0 aliphatic heterocycles. The lowest BCUT2D eigenvalue weighted by molar-refractivity contribution is -0.137. The highest BCUT2D eigenvalue weighted by Gasteiger charge is 2.32. The van der Waals surface area contributed by atoms with Crippen molar-refractivity contribution >= 4 is 23.6 Å². The minimum atomic E-state index is -4.80. The second-order valence-electron chi connectivity index (χ2n) is 8.01. The van der Waals surface area contributed by atoms with Crippen molar-refractivity contribution in [2.24, 2.45) is 11.5 Å². The summed E-state index contributed by atoms with van der Waals surface area (Å²) in [5, 5.41) is 2.32. The third-order valence-corrected chi connectivity index (χ3v) is 5.15. The van der Waals surface area contributed by atoms with Crippen LogP contribution in [0.3, 0.4) is 0 Å². The lowest BCUT2D eigenvalue weighted by Gasteiger charge is -2.18. The molecule has 3 aromatic carbocycles. The molecule has 0 fully saturated rings. The summed E-state index contributed by atoms with van der Waals surface area (Å²) >= 11 is 0. The Morgan fingerprint density at radius 2 is 1.63 bits per heavy atom. The number of rotatable bonds is 8. The summed E-state index contributed by atoms with van der Waals surface area (Å²) in [6, 6.07) is 8.60. The van der Waals surface area contributed by atoms with E-state index in [-0.39, 0.29) is 22.7 Å². The Morgan fingerprint density at radius 1 is 0.947 bits per heavy atom. The van der Waals surface area contributed by atoms with Crippen LogP contribution >= 0.6 is 0 Å². The standard InChI is InChI=1S/C25H20F5N3O5/c1-12-8-14(26)3-7-19(12)37-20-6-2-13(25(28,29)30)9-17(20)23(35)33-15-4-5-18(27)16(10-15)21(11-22(31)34)38-24(32)36/h2-10,21H,11H2,1H3,(H2,31,34)(H2,32,36)(H,33,35). The largest absolute Gasteiger partial charge is 0.456 e. The predicted molar refractivity (Wildman–Crippen MR) is 124 cm³/mol. The normalized spacial score (nSPS) is 11.9. The summed E-state index contributed by atoms with van der Waals surface area (Å²) in [5.74, 6) is -3.73. The molecule has 0 saturated heterocycles. The number of anilines is 1. The molecule has 0 heterocycles. The van der Waals surface area contributed by atoms with Gasteiger partial charge in [-0.25, -0.2) is 13.6 Å². The van der Waals surface area contributed by atoms with Crippen LogP contribution < -0.4 is 21.5 Å². The van der Waals surface area contributed by atoms with Crippen molar-refractivity contribution in [2.45, 2.75) is 25.6 Å². The molecular weight excluding hydrogens is 517 g/mol. The Hall–Kier alpha value is -4.68. The molecule has 38 heavy (non-hydrogen) atoms. The summed E-state index contributed by atoms with van der Waals surface area (Å²) in [5.41, 5.74) is 8.19. The number of hydrogen-bond donors (Lipinski definition) is 3. The number of carbonyl (C=O) groups is 3. The molecule has 3 rings (SSSR count). The highest BCUT2D eigenvalue weighted by molar-refractivity contribution is 6.06. The van der Waals surface area contributed by atoms with Gasteiger partial charge in [-0.3, -0.25) is 9.59 Å². The molecular formula is C25H20F5N3O5. The van der Waals surface area contributed by atoms with Crippen molar-refractivity contribution in [3.8, 4) is 11.5 Å². The molecule has 1 atom stereocenters. The smallest absolute Gasteiger partial charge is 0.416 e. The minimum Gasteiger partial charge on any atom is -0.456 e. The lowest BCUT2D eigenvalue weighted by atomic mass is 10.0. The topological polar surface area (TPSA) is 134 Å². The van der Waals surface area contributed by atoms with Gasteiger partial charge in [0.05, 0.1) is 17.5 Å². The molecule has 13 heteroatoms. The van der Waals surface area contributed by atoms with Crippen molar-refractivity contribution in [3.63, 3.8) is 0 Å². The van der Waals surface area contributed by atoms with Gasteiger partial charge in [0.2, 0.25) is 5.91 Å². The fourth-order valence-corrected chi connectivity index (χ4v) is 3.42. The number of benzene rings is 3. The first-order valence-corrected chi connectivity index (χ1v) is 10.7. The summed E-state index contributed by atoms with van der Waals surface area (Å²) < 4.78 is 78.4. The maximum absolute atomic E-state index is 14.5. The summed E-state index contributed by atoms with van der Waals surface area (Å²) in [4.78, 5) is 35.6. The van der Waals surface area contributed by atoms with Crippen LogP contribution in [0, 0.1) is 18.6 Å². The van der Waals surface area contributed by atoms with Crippen LogP contribution in [0.25, 0.3) is 0 Å². The molecule has 0 aromatic heterocycles. The molecule has 1 unspecified atom stereocenters. The van der Waals surface area contributed by atoms with Crippen LogP contribution in [0.2, 0.25) is 0 Å². The van der Waals surface area contributed by atoms with Gasteiger partial charge in [-0.1, -0.05) is 0 Å². The lowest BCUT2D eigenvalue weighted by Crippen LogP contribution is -2.23. The number of aryl methyl sites for hydroxylation is 1. The second kappa shape index (κ2) is 11.2. The van der Waals surface area contributed by atoms with Gasteiger partial charge in [0.1, 0.15) is 29.2 Å². The molecule has 0 spiro atoms. The van der Waals surface area contributed by atoms with Gasteiger partial charge >= 0.3 is 12.3 Å². The van der Waals surface area contributed by atoms with E-state index in [1.807, 2.05) is 0 Å². The minimum absolute atomic E-state index is 0.0853. The van der Waals surface area contributed by atoms with Crippen molar-refractivity contribution < 1.29 is 45.8 Å². The number of nitrogens with two attached hydrogens (primary N) is 2. The molecule has 5 N–H and O–H groups in total. The van der Waals surface area contributed by atoms with E-state index in [0.717, 1.165) is 36.4 Å². The summed E-state index contributed by atoms with van der Waals surface area (Å²) in [6.07, 6.45) is -8.29. The molecule has 0 aliphatic rings. The van der Waals surface area contributed by atoms with E-state index in [2.05, 4.69) is 5.32 Å². The van der Waals surface area contributed by atoms with Gasteiger partial charge in [-0.05, 0) is 67.1 Å². The molecule has 8 nitrogen and oxygen atoms in total. The Bertz CT molecular complexity index is 1380. The van der Waals surface area contributed by atoms with Gasteiger partial charge in [-0.15, -0.1) is 0 Å². The summed E-state index contributed by atoms with van der Waals surface area (Å²) in [6.45, 7) is 1.50. The zero-order chi connectivity index (χ0) is 28.2. The monoisotopic (exact) mass is 537 g/mol. The number of nitrogens with one attached hydrogen (secondary N) is 1. The van der Waals surface area contributed by atoms with Crippen LogP contribution in [0.15, 0.2) is 54.6 Å². The summed E-state index contributed by atoms with van der Waals surface area (Å²) in [7, 11) is 0. The van der Waals surface area contributed by atoms with Crippen molar-refractivity contribution in [3.05, 3.63) is 88.5 Å². The first-order valence-electron chi connectivity index (χ1n) is 10.7. The number of hydrogen-bond acceptors (Lipinski definition) is 5. The Labute approximate surface area is 212 Å². The van der Waals surface area contributed by atoms with E-state index >= 15 is 0 Å². The van der Waals surface area contributed by atoms with E-state index in [4.69, 9.17) is 20.9 Å². The first-order chi connectivity index (χ1) is 17.7. The van der Waals surface area contributed by atoms with Crippen LogP contribution in [0.1, 0.15) is 39.6 Å². The van der Waals surface area contributed by atoms with Crippen molar-refractivity contribution in [1.29, 1.82) is 0 Å². The highest BCUT2D eigenvalue weighted by atomic mass is 19.4. The third kappa shape index (κ3) is 6.96. The predicted octanol–water partition coefficient (Wildman–Crippen LogP) is 5.35. The van der Waals surface area contributed by atoms with Gasteiger partial charge in [-0.2, -0.15) is 13.2 Å². The molecule has 0 saturated carbocycles. The second-order valence-corrected chi connectivity index (χ2v) is 8.01. The Balaban J connectivity index is 2.00. The Morgan fingerprint density at radius 3 is 2.24 bits per heavy atom. The van der Waals surface area contributed by atoms with E-state index in [1.165, 1.54) is 13.0 Å². The molecule has 3 aromatic rings. The van der Waals surface area contributed by atoms with Gasteiger partial charge < -0.3 is 26.3 Å². The fraction of sp³-hybridized carbons (Fsp3) is 0.160. The molecule has 0 radical (unpaired) electrons. The quantitative estimate of drug-likeness (QED) is 0.333. The maximum Gasteiger partial charge on any atom is 0.416 e. The van der Waals surface area contributed by atoms with Crippen LogP contribution in [-0.2, 0) is 15.7 Å². The van der Waals surface area contributed by atoms with Crippen LogP contribution in [0.5, 0.6) is 11.5 Å². The van der Waals surface area contributed by atoms with Crippen molar-refractivity contribution in [2.75, 3.05) is 5.32 Å². The number of amides is 3. The number of alkyl halides is 3. The number of primary amides is 2. The molecule has 0 aliphatic carbocycles. The molecule has 3 amide bonds. The van der Waals surface area contributed by atoms with Gasteiger partial charge in [0.15, 0.2) is 0 Å². The van der Waals surface area contributed by atoms with E-state index in [0.29, 0.717) is 17.7 Å². The maximum atomic E-state index is 14.5. The number of halogens is 5. The Kier molecular flexibility index (Phi) is 8.19. The van der Waals surface area contributed by atoms with Crippen molar-refractivity contribution in [1.82, 2.24) is 0 Å². The van der Waals surface area contributed by atoms with Crippen LogP contribution in [-0.4, -0.2) is 17.9 Å². The van der Waals surface area contributed by atoms with Gasteiger partial charge in [0, 0.05) is 11.3 Å². The fourth-order valence-electron chi connectivity index (χ4n) is 3.42. The average molecular weight is 537 g/mol. The van der Waals surface area contributed by atoms with Crippen LogP contribution in [0.4, 0.5) is 32.4 Å². The first kappa shape index (κ1) is 27.9. The van der Waals surface area contributed by atoms with E-state index in [9.17, 15) is 36.3 Å². The average Bonchev–Trinajstić information content (AvgIpc) is 2.80. The third-order valence-electron chi connectivity index (χ3n) is 5.15. The van der Waals surface area contributed by atoms with E-state index in [1.54, 1.807) is 0 Å².